The van der Waals surface area contributed by atoms with Crippen LogP contribution in [0.4, 0.5) is 0 Å². The molecule has 0 aromatic heterocycles. The van der Waals surface area contributed by atoms with Gasteiger partial charge in [0.2, 0.25) is 0 Å². The number of carbonyl (C=O) groups excluding carboxylic acids is 1. The van der Waals surface area contributed by atoms with Gasteiger partial charge in [0.15, 0.2) is 0 Å². The van der Waals surface area contributed by atoms with E-state index >= 15 is 0 Å². The Bertz CT molecular complexity index is 311. The lowest BCUT2D eigenvalue weighted by Gasteiger charge is -2.34. The highest BCUT2D eigenvalue weighted by Gasteiger charge is 2.25. The Labute approximate surface area is 105 Å². The predicted molar refractivity (Wildman–Crippen MR) is 72.8 cm³/mol. The van der Waals surface area contributed by atoms with Gasteiger partial charge >= 0.3 is 0 Å². The summed E-state index contributed by atoms with van der Waals surface area (Å²) in [6.07, 6.45) is 8.04. The number of hydrogen-bond acceptors (Lipinski definition) is 1. The maximum absolute atomic E-state index is 12.4. The van der Waals surface area contributed by atoms with Crippen molar-refractivity contribution >= 4 is 5.91 Å². The molecule has 1 saturated carbocycles. The second-order valence-corrected chi connectivity index (χ2v) is 4.87. The molecule has 2 nitrogen and oxygen atoms in total. The summed E-state index contributed by atoms with van der Waals surface area (Å²) in [5, 5.41) is 0. The normalized spacial score (nSPS) is 17.9. The maximum atomic E-state index is 12.4. The largest absolute Gasteiger partial charge is 0.336 e. The zero-order chi connectivity index (χ0) is 12.8. The fourth-order valence-electron chi connectivity index (χ4n) is 2.67. The van der Waals surface area contributed by atoms with Gasteiger partial charge in [-0.05, 0) is 39.2 Å². The van der Waals surface area contributed by atoms with Gasteiger partial charge in [0.1, 0.15) is 0 Å². The molecule has 17 heavy (non-hydrogen) atoms. The summed E-state index contributed by atoms with van der Waals surface area (Å²) in [6.45, 7) is 10.6. The number of carbonyl (C=O) groups is 1. The lowest BCUT2D eigenvalue weighted by molar-refractivity contribution is -0.129. The predicted octanol–water partition coefficient (Wildman–Crippen LogP) is 3.69. The summed E-state index contributed by atoms with van der Waals surface area (Å²) < 4.78 is 0. The van der Waals surface area contributed by atoms with Crippen LogP contribution in [0.5, 0.6) is 0 Å². The molecule has 0 aromatic carbocycles. The number of allylic oxidation sites excluding steroid dienone is 1. The number of likely N-dealkylation sites (N-methyl/N-ethyl adjacent to an activating group) is 1. The number of rotatable bonds is 4. The van der Waals surface area contributed by atoms with Crippen LogP contribution in [0.25, 0.3) is 0 Å². The lowest BCUT2D eigenvalue weighted by atomic mass is 9.93. The first-order valence-electron chi connectivity index (χ1n) is 6.75. The van der Waals surface area contributed by atoms with E-state index < -0.39 is 0 Å². The molecule has 96 valence electrons. The SMILES string of the molecule is C=C(C)/C(=C\C)C(=O)N(CC)C1CCCCC1. The highest BCUT2D eigenvalue weighted by atomic mass is 16.2. The van der Waals surface area contributed by atoms with Crippen LogP contribution in [0, 0.1) is 0 Å². The Morgan fingerprint density at radius 1 is 1.35 bits per heavy atom. The topological polar surface area (TPSA) is 20.3 Å². The second-order valence-electron chi connectivity index (χ2n) is 4.87. The van der Waals surface area contributed by atoms with E-state index in [0.29, 0.717) is 6.04 Å². The summed E-state index contributed by atoms with van der Waals surface area (Å²) >= 11 is 0. The molecule has 0 saturated heterocycles. The minimum Gasteiger partial charge on any atom is -0.336 e. The second kappa shape index (κ2) is 6.63. The molecule has 1 rings (SSSR count). The van der Waals surface area contributed by atoms with E-state index in [9.17, 15) is 4.79 Å². The molecule has 0 radical (unpaired) electrons. The van der Waals surface area contributed by atoms with Crippen molar-refractivity contribution < 1.29 is 4.79 Å². The Morgan fingerprint density at radius 3 is 2.35 bits per heavy atom. The van der Waals surface area contributed by atoms with E-state index in [2.05, 4.69) is 13.5 Å². The van der Waals surface area contributed by atoms with E-state index in [4.69, 9.17) is 0 Å². The van der Waals surface area contributed by atoms with Crippen molar-refractivity contribution in [3.05, 3.63) is 23.8 Å². The average Bonchev–Trinajstić information content (AvgIpc) is 2.31. The lowest BCUT2D eigenvalue weighted by Crippen LogP contribution is -2.42. The van der Waals surface area contributed by atoms with E-state index in [1.54, 1.807) is 0 Å². The molecule has 1 amide bonds. The molecule has 2 heteroatoms. The highest BCUT2D eigenvalue weighted by Crippen LogP contribution is 2.24. The summed E-state index contributed by atoms with van der Waals surface area (Å²) in [5.74, 6) is 0.161. The quantitative estimate of drug-likeness (QED) is 0.537. The first-order valence-corrected chi connectivity index (χ1v) is 6.75. The molecule has 1 fully saturated rings. The summed E-state index contributed by atoms with van der Waals surface area (Å²) in [5.41, 5.74) is 1.64. The third-order valence-corrected chi connectivity index (χ3v) is 3.60. The van der Waals surface area contributed by atoms with Crippen molar-refractivity contribution in [2.24, 2.45) is 0 Å². The molecule has 0 N–H and O–H groups in total. The zero-order valence-corrected chi connectivity index (χ0v) is 11.5. The smallest absolute Gasteiger partial charge is 0.254 e. The van der Waals surface area contributed by atoms with E-state index in [0.717, 1.165) is 30.5 Å². The van der Waals surface area contributed by atoms with Crippen molar-refractivity contribution in [3.63, 3.8) is 0 Å². The van der Waals surface area contributed by atoms with Crippen molar-refractivity contribution in [2.75, 3.05) is 6.54 Å². The van der Waals surface area contributed by atoms with Gasteiger partial charge in [-0.2, -0.15) is 0 Å². The van der Waals surface area contributed by atoms with Crippen LogP contribution in [0.1, 0.15) is 52.9 Å². The first-order chi connectivity index (χ1) is 8.11. The molecular weight excluding hydrogens is 210 g/mol. The van der Waals surface area contributed by atoms with Crippen LogP contribution in [-0.2, 0) is 4.79 Å². The van der Waals surface area contributed by atoms with Crippen LogP contribution in [0.3, 0.4) is 0 Å². The molecule has 0 aromatic rings. The molecule has 0 atom stereocenters. The van der Waals surface area contributed by atoms with E-state index in [1.807, 2.05) is 24.8 Å². The van der Waals surface area contributed by atoms with Crippen LogP contribution >= 0.6 is 0 Å². The number of hydrogen-bond donors (Lipinski definition) is 0. The molecule has 0 unspecified atom stereocenters. The van der Waals surface area contributed by atoms with Crippen molar-refractivity contribution in [1.82, 2.24) is 4.90 Å². The minimum atomic E-state index is 0.161. The van der Waals surface area contributed by atoms with Gasteiger partial charge in [-0.15, -0.1) is 0 Å². The average molecular weight is 235 g/mol. The fraction of sp³-hybridized carbons (Fsp3) is 0.667. The van der Waals surface area contributed by atoms with Gasteiger partial charge in [0, 0.05) is 18.2 Å². The molecule has 0 heterocycles. The Hall–Kier alpha value is -1.05. The third-order valence-electron chi connectivity index (χ3n) is 3.60. The van der Waals surface area contributed by atoms with Crippen LogP contribution in [0.15, 0.2) is 23.8 Å². The van der Waals surface area contributed by atoms with Crippen molar-refractivity contribution in [2.45, 2.75) is 58.9 Å². The molecule has 0 spiro atoms. The molecule has 0 aliphatic heterocycles. The van der Waals surface area contributed by atoms with Crippen LogP contribution < -0.4 is 0 Å². The molecule has 0 bridgehead atoms. The Morgan fingerprint density at radius 2 is 1.94 bits per heavy atom. The highest BCUT2D eigenvalue weighted by molar-refractivity contribution is 5.97. The Balaban J connectivity index is 2.78. The number of amides is 1. The van der Waals surface area contributed by atoms with Gasteiger partial charge in [-0.25, -0.2) is 0 Å². The standard InChI is InChI=1S/C15H25NO/c1-5-14(12(3)4)15(17)16(6-2)13-10-8-7-9-11-13/h5,13H,3,6-11H2,1-2,4H3/b14-5+. The van der Waals surface area contributed by atoms with Gasteiger partial charge < -0.3 is 4.90 Å². The van der Waals surface area contributed by atoms with Crippen molar-refractivity contribution in [1.29, 1.82) is 0 Å². The summed E-state index contributed by atoms with van der Waals surface area (Å²) in [7, 11) is 0. The summed E-state index contributed by atoms with van der Waals surface area (Å²) in [6, 6.07) is 0.440. The molecule has 1 aliphatic rings. The molecule has 1 aliphatic carbocycles. The summed E-state index contributed by atoms with van der Waals surface area (Å²) in [4.78, 5) is 14.5. The fourth-order valence-corrected chi connectivity index (χ4v) is 2.67. The minimum absolute atomic E-state index is 0.161. The van der Waals surface area contributed by atoms with Crippen molar-refractivity contribution in [3.8, 4) is 0 Å². The first kappa shape index (κ1) is 14.0. The zero-order valence-electron chi connectivity index (χ0n) is 11.5. The number of nitrogens with zero attached hydrogens (tertiary/aromatic N) is 1. The van der Waals surface area contributed by atoms with E-state index in [1.165, 1.54) is 19.3 Å². The molecular formula is C15H25NO. The van der Waals surface area contributed by atoms with Crippen LogP contribution in [0.2, 0.25) is 0 Å². The Kier molecular flexibility index (Phi) is 5.46. The third kappa shape index (κ3) is 3.45. The van der Waals surface area contributed by atoms with Gasteiger partial charge in [0.05, 0.1) is 0 Å². The van der Waals surface area contributed by atoms with Gasteiger partial charge in [-0.3, -0.25) is 4.79 Å². The maximum Gasteiger partial charge on any atom is 0.254 e. The van der Waals surface area contributed by atoms with Gasteiger partial charge in [-0.1, -0.05) is 31.9 Å². The monoisotopic (exact) mass is 235 g/mol. The van der Waals surface area contributed by atoms with E-state index in [-0.39, 0.29) is 5.91 Å². The van der Waals surface area contributed by atoms with Gasteiger partial charge in [0.25, 0.3) is 5.91 Å². The van der Waals surface area contributed by atoms with Crippen LogP contribution in [-0.4, -0.2) is 23.4 Å².